The number of rotatable bonds is 8. The standard InChI is InChI=1S/C19H30N6O.HI/c1-20-19(21-11-10-15-8-6-7-9-18(15)26-5)22-13-17(24(2)3)16-12-23-25(4)14-16;/h6-9,12,14,17H,10-11,13H2,1-5H3,(H2,20,21,22);1H. The van der Waals surface area contributed by atoms with Crippen molar-refractivity contribution in [1.29, 1.82) is 0 Å². The maximum absolute atomic E-state index is 5.40. The van der Waals surface area contributed by atoms with Gasteiger partial charge in [-0.25, -0.2) is 0 Å². The number of aryl methyl sites for hydroxylation is 1. The van der Waals surface area contributed by atoms with Crippen molar-refractivity contribution in [2.45, 2.75) is 12.5 Å². The fraction of sp³-hybridized carbons (Fsp3) is 0.474. The third-order valence-corrected chi connectivity index (χ3v) is 4.30. The molecule has 0 radical (unpaired) electrons. The molecule has 1 aromatic carbocycles. The summed E-state index contributed by atoms with van der Waals surface area (Å²) in [5, 5.41) is 11.0. The third-order valence-electron chi connectivity index (χ3n) is 4.30. The van der Waals surface area contributed by atoms with Crippen LogP contribution in [0, 0.1) is 0 Å². The van der Waals surface area contributed by atoms with Crippen molar-refractivity contribution >= 4 is 29.9 Å². The molecule has 0 aliphatic rings. The van der Waals surface area contributed by atoms with Crippen LogP contribution >= 0.6 is 24.0 Å². The number of guanidine groups is 1. The lowest BCUT2D eigenvalue weighted by atomic mass is 10.1. The number of aliphatic imine (C=N–C) groups is 1. The fourth-order valence-electron chi connectivity index (χ4n) is 2.85. The summed E-state index contributed by atoms with van der Waals surface area (Å²) in [5.41, 5.74) is 2.36. The SMILES string of the molecule is CN=C(NCCc1ccccc1OC)NCC(c1cnn(C)c1)N(C)C.I. The number of nitrogens with one attached hydrogen (secondary N) is 2. The molecule has 1 aromatic heterocycles. The smallest absolute Gasteiger partial charge is 0.191 e. The molecule has 2 rings (SSSR count). The van der Waals surface area contributed by atoms with E-state index in [1.807, 2.05) is 42.3 Å². The summed E-state index contributed by atoms with van der Waals surface area (Å²) in [6.07, 6.45) is 4.82. The molecule has 0 spiro atoms. The molecule has 1 unspecified atom stereocenters. The van der Waals surface area contributed by atoms with Gasteiger partial charge in [-0.3, -0.25) is 9.67 Å². The molecule has 0 saturated carbocycles. The van der Waals surface area contributed by atoms with Crippen LogP contribution in [-0.2, 0) is 13.5 Å². The molecule has 0 aliphatic heterocycles. The molecule has 27 heavy (non-hydrogen) atoms. The highest BCUT2D eigenvalue weighted by atomic mass is 127. The summed E-state index contributed by atoms with van der Waals surface area (Å²) in [7, 11) is 9.55. The van der Waals surface area contributed by atoms with Crippen molar-refractivity contribution < 1.29 is 4.74 Å². The van der Waals surface area contributed by atoms with Crippen molar-refractivity contribution in [1.82, 2.24) is 25.3 Å². The predicted molar refractivity (Wildman–Crippen MR) is 121 cm³/mol. The molecule has 0 aliphatic carbocycles. The number of hydrogen-bond donors (Lipinski definition) is 2. The van der Waals surface area contributed by atoms with E-state index in [1.54, 1.807) is 14.2 Å². The molecule has 0 bridgehead atoms. The van der Waals surface area contributed by atoms with Crippen LogP contribution in [0.3, 0.4) is 0 Å². The molecule has 0 fully saturated rings. The van der Waals surface area contributed by atoms with E-state index in [0.717, 1.165) is 31.2 Å². The Balaban J connectivity index is 0.00000364. The molecule has 8 heteroatoms. The minimum absolute atomic E-state index is 0. The Bertz CT molecular complexity index is 716. The van der Waals surface area contributed by atoms with Crippen LogP contribution in [0.25, 0.3) is 0 Å². The van der Waals surface area contributed by atoms with Crippen LogP contribution in [-0.4, -0.2) is 62.0 Å². The van der Waals surface area contributed by atoms with Crippen molar-refractivity contribution in [3.8, 4) is 5.75 Å². The van der Waals surface area contributed by atoms with Crippen molar-refractivity contribution in [2.75, 3.05) is 41.3 Å². The molecule has 150 valence electrons. The Morgan fingerprint density at radius 2 is 2.04 bits per heavy atom. The second-order valence-electron chi connectivity index (χ2n) is 6.37. The number of nitrogens with zero attached hydrogens (tertiary/aromatic N) is 4. The van der Waals surface area contributed by atoms with Crippen LogP contribution < -0.4 is 15.4 Å². The van der Waals surface area contributed by atoms with Crippen molar-refractivity contribution in [2.24, 2.45) is 12.0 Å². The lowest BCUT2D eigenvalue weighted by Gasteiger charge is -2.24. The van der Waals surface area contributed by atoms with E-state index < -0.39 is 0 Å². The van der Waals surface area contributed by atoms with Gasteiger partial charge in [0, 0.05) is 38.9 Å². The minimum Gasteiger partial charge on any atom is -0.496 e. The Morgan fingerprint density at radius 1 is 1.30 bits per heavy atom. The number of ether oxygens (including phenoxy) is 1. The predicted octanol–water partition coefficient (Wildman–Crippen LogP) is 2.06. The van der Waals surface area contributed by atoms with Crippen LogP contribution in [0.1, 0.15) is 17.2 Å². The van der Waals surface area contributed by atoms with Gasteiger partial charge < -0.3 is 20.3 Å². The molecular weight excluding hydrogens is 455 g/mol. The molecule has 2 N–H and O–H groups in total. The van der Waals surface area contributed by atoms with Gasteiger partial charge in [0.1, 0.15) is 5.75 Å². The minimum atomic E-state index is 0. The molecule has 0 saturated heterocycles. The number of halogens is 1. The van der Waals surface area contributed by atoms with E-state index in [9.17, 15) is 0 Å². The topological polar surface area (TPSA) is 66.7 Å². The molecule has 0 amide bonds. The highest BCUT2D eigenvalue weighted by Gasteiger charge is 2.16. The monoisotopic (exact) mass is 486 g/mol. The number of methoxy groups -OCH3 is 1. The van der Waals surface area contributed by atoms with Gasteiger partial charge in [-0.1, -0.05) is 18.2 Å². The van der Waals surface area contributed by atoms with Crippen LogP contribution in [0.4, 0.5) is 0 Å². The summed E-state index contributed by atoms with van der Waals surface area (Å²) in [6.45, 7) is 1.52. The Hall–Kier alpha value is -1.81. The number of para-hydroxylation sites is 1. The second-order valence-corrected chi connectivity index (χ2v) is 6.37. The average Bonchev–Trinajstić information content (AvgIpc) is 3.06. The number of likely N-dealkylation sites (N-methyl/N-ethyl adjacent to an activating group) is 1. The number of benzene rings is 1. The number of hydrogen-bond acceptors (Lipinski definition) is 4. The molecular formula is C19H31IN6O. The first-order chi connectivity index (χ1) is 12.5. The Morgan fingerprint density at radius 3 is 2.63 bits per heavy atom. The zero-order valence-corrected chi connectivity index (χ0v) is 19.1. The summed E-state index contributed by atoms with van der Waals surface area (Å²) in [6, 6.07) is 8.30. The largest absolute Gasteiger partial charge is 0.496 e. The molecule has 1 heterocycles. The molecule has 7 nitrogen and oxygen atoms in total. The lowest BCUT2D eigenvalue weighted by Crippen LogP contribution is -2.42. The molecule has 1 atom stereocenters. The lowest BCUT2D eigenvalue weighted by molar-refractivity contribution is 0.298. The van der Waals surface area contributed by atoms with E-state index in [2.05, 4.69) is 45.8 Å². The normalized spacial score (nSPS) is 12.4. The summed E-state index contributed by atoms with van der Waals surface area (Å²) < 4.78 is 7.22. The van der Waals surface area contributed by atoms with Crippen LogP contribution in [0.5, 0.6) is 5.75 Å². The van der Waals surface area contributed by atoms with Gasteiger partial charge in [-0.2, -0.15) is 5.10 Å². The highest BCUT2D eigenvalue weighted by molar-refractivity contribution is 14.0. The zero-order chi connectivity index (χ0) is 18.9. The van der Waals surface area contributed by atoms with Gasteiger partial charge >= 0.3 is 0 Å². The third kappa shape index (κ3) is 7.02. The Labute approximate surface area is 179 Å². The summed E-state index contributed by atoms with van der Waals surface area (Å²) in [5.74, 6) is 1.71. The van der Waals surface area contributed by atoms with Gasteiger partial charge in [0.25, 0.3) is 0 Å². The fourth-order valence-corrected chi connectivity index (χ4v) is 2.85. The van der Waals surface area contributed by atoms with Crippen molar-refractivity contribution in [3.63, 3.8) is 0 Å². The maximum atomic E-state index is 5.40. The summed E-state index contributed by atoms with van der Waals surface area (Å²) >= 11 is 0. The van der Waals surface area contributed by atoms with E-state index in [0.29, 0.717) is 0 Å². The first-order valence-corrected chi connectivity index (χ1v) is 8.76. The summed E-state index contributed by atoms with van der Waals surface area (Å²) in [4.78, 5) is 6.49. The first kappa shape index (κ1) is 23.2. The van der Waals surface area contributed by atoms with E-state index in [4.69, 9.17) is 4.74 Å². The van der Waals surface area contributed by atoms with Crippen molar-refractivity contribution in [3.05, 3.63) is 47.8 Å². The van der Waals surface area contributed by atoms with Gasteiger partial charge in [-0.05, 0) is 32.1 Å². The quantitative estimate of drug-likeness (QED) is 0.340. The first-order valence-electron chi connectivity index (χ1n) is 8.76. The second kappa shape index (κ2) is 11.8. The van der Waals surface area contributed by atoms with Gasteiger partial charge in [0.15, 0.2) is 5.96 Å². The van der Waals surface area contributed by atoms with Gasteiger partial charge in [-0.15, -0.1) is 24.0 Å². The van der Waals surface area contributed by atoms with E-state index >= 15 is 0 Å². The maximum Gasteiger partial charge on any atom is 0.191 e. The van der Waals surface area contributed by atoms with Crippen LogP contribution in [0.2, 0.25) is 0 Å². The van der Waals surface area contributed by atoms with E-state index in [-0.39, 0.29) is 30.0 Å². The molecule has 2 aromatic rings. The van der Waals surface area contributed by atoms with Gasteiger partial charge in [0.2, 0.25) is 0 Å². The van der Waals surface area contributed by atoms with E-state index in [1.165, 1.54) is 11.1 Å². The Kier molecular flexibility index (Phi) is 10.2. The number of aromatic nitrogens is 2. The van der Waals surface area contributed by atoms with Crippen LogP contribution in [0.15, 0.2) is 41.7 Å². The highest BCUT2D eigenvalue weighted by Crippen LogP contribution is 2.17. The van der Waals surface area contributed by atoms with Gasteiger partial charge in [0.05, 0.1) is 19.3 Å². The average molecular weight is 486 g/mol. The zero-order valence-electron chi connectivity index (χ0n) is 16.8.